The van der Waals surface area contributed by atoms with E-state index in [1.807, 2.05) is 30.3 Å². The Balaban J connectivity index is 2.47. The Morgan fingerprint density at radius 1 is 1.20 bits per heavy atom. The topological polar surface area (TPSA) is 39.2 Å². The first kappa shape index (κ1) is 13.3. The number of hydrogen-bond acceptors (Lipinski definition) is 3. The molecule has 20 heavy (non-hydrogen) atoms. The predicted molar refractivity (Wildman–Crippen MR) is 83.3 cm³/mol. The Bertz CT molecular complexity index is 848. The van der Waals surface area contributed by atoms with Crippen LogP contribution < -0.4 is 0 Å². The van der Waals surface area contributed by atoms with Crippen LogP contribution in [0.5, 0.6) is 0 Å². The molecule has 0 spiro atoms. The highest BCUT2D eigenvalue weighted by molar-refractivity contribution is 9.10. The molecule has 3 nitrogen and oxygen atoms in total. The van der Waals surface area contributed by atoms with Crippen molar-refractivity contribution < 1.29 is 9.53 Å². The van der Waals surface area contributed by atoms with Crippen LogP contribution in [-0.4, -0.2) is 18.1 Å². The number of aromatic nitrogens is 1. The van der Waals surface area contributed by atoms with Gasteiger partial charge in [-0.2, -0.15) is 0 Å². The smallest absolute Gasteiger partial charge is 0.356 e. The van der Waals surface area contributed by atoms with Gasteiger partial charge in [0.25, 0.3) is 0 Å². The minimum absolute atomic E-state index is 0.206. The number of carbonyl (C=O) groups is 1. The lowest BCUT2D eigenvalue weighted by molar-refractivity contribution is 0.0594. The average molecular weight is 351 g/mol. The predicted octanol–water partition coefficient (Wildman–Crippen LogP) is 4.59. The van der Waals surface area contributed by atoms with E-state index in [0.717, 1.165) is 20.6 Å². The van der Waals surface area contributed by atoms with E-state index >= 15 is 0 Å². The van der Waals surface area contributed by atoms with Crippen LogP contribution in [0.1, 0.15) is 10.5 Å². The second kappa shape index (κ2) is 5.04. The molecular formula is C15H9BrClNO2. The minimum atomic E-state index is -0.499. The summed E-state index contributed by atoms with van der Waals surface area (Å²) in [6.45, 7) is 0. The molecule has 100 valence electrons. The van der Waals surface area contributed by atoms with Crippen molar-refractivity contribution in [1.82, 2.24) is 4.98 Å². The lowest BCUT2D eigenvalue weighted by Crippen LogP contribution is -2.04. The third-order valence-electron chi connectivity index (χ3n) is 3.11. The van der Waals surface area contributed by atoms with E-state index in [0.29, 0.717) is 10.5 Å². The summed E-state index contributed by atoms with van der Waals surface area (Å²) in [5.41, 5.74) is 0.897. The van der Waals surface area contributed by atoms with Crippen LogP contribution in [0.3, 0.4) is 0 Å². The van der Waals surface area contributed by atoms with E-state index in [4.69, 9.17) is 16.3 Å². The summed E-state index contributed by atoms with van der Waals surface area (Å²) >= 11 is 9.80. The van der Waals surface area contributed by atoms with Gasteiger partial charge in [-0.3, -0.25) is 0 Å². The van der Waals surface area contributed by atoms with E-state index in [1.54, 1.807) is 0 Å². The lowest BCUT2D eigenvalue weighted by atomic mass is 10.1. The number of benzene rings is 2. The number of methoxy groups -OCH3 is 1. The van der Waals surface area contributed by atoms with Crippen LogP contribution in [0.25, 0.3) is 21.7 Å². The van der Waals surface area contributed by atoms with Crippen molar-refractivity contribution in [3.63, 3.8) is 0 Å². The molecule has 0 amide bonds. The van der Waals surface area contributed by atoms with E-state index in [9.17, 15) is 4.79 Å². The monoisotopic (exact) mass is 349 g/mol. The maximum Gasteiger partial charge on any atom is 0.356 e. The molecule has 0 bridgehead atoms. The van der Waals surface area contributed by atoms with Crippen molar-refractivity contribution in [2.45, 2.75) is 0 Å². The highest BCUT2D eigenvalue weighted by Crippen LogP contribution is 2.34. The maximum absolute atomic E-state index is 11.7. The Kier molecular flexibility index (Phi) is 3.36. The lowest BCUT2D eigenvalue weighted by Gasteiger charge is -2.08. The van der Waals surface area contributed by atoms with Gasteiger partial charge in [-0.05, 0) is 17.5 Å². The number of hydrogen-bond donors (Lipinski definition) is 0. The Hall–Kier alpha value is -1.65. The van der Waals surface area contributed by atoms with E-state index < -0.39 is 5.97 Å². The first-order valence-corrected chi connectivity index (χ1v) is 7.04. The SMILES string of the molecule is COC(=O)c1cc(Cl)c2cc(Br)c3ccccc3c2n1. The maximum atomic E-state index is 11.7. The summed E-state index contributed by atoms with van der Waals surface area (Å²) in [5.74, 6) is -0.499. The highest BCUT2D eigenvalue weighted by atomic mass is 79.9. The molecule has 0 aliphatic heterocycles. The van der Waals surface area contributed by atoms with Crippen molar-refractivity contribution in [3.05, 3.63) is 51.6 Å². The van der Waals surface area contributed by atoms with E-state index in [2.05, 4.69) is 20.9 Å². The van der Waals surface area contributed by atoms with Gasteiger partial charge < -0.3 is 4.74 Å². The third kappa shape index (κ3) is 2.05. The standard InChI is InChI=1S/C15H9BrClNO2/c1-20-15(19)13-7-12(17)10-6-11(16)8-4-2-3-5-9(8)14(10)18-13/h2-7H,1H3. The number of ether oxygens (including phenoxy) is 1. The van der Waals surface area contributed by atoms with Crippen LogP contribution >= 0.6 is 27.5 Å². The fourth-order valence-corrected chi connectivity index (χ4v) is 3.00. The number of rotatable bonds is 1. The number of halogens is 2. The zero-order valence-electron chi connectivity index (χ0n) is 10.5. The Labute approximate surface area is 128 Å². The summed E-state index contributed by atoms with van der Waals surface area (Å²) in [6, 6.07) is 11.2. The average Bonchev–Trinajstić information content (AvgIpc) is 2.47. The molecule has 2 aromatic carbocycles. The van der Waals surface area contributed by atoms with Gasteiger partial charge in [0.05, 0.1) is 17.6 Å². The molecule has 3 rings (SSSR count). The fourth-order valence-electron chi connectivity index (χ4n) is 2.18. The van der Waals surface area contributed by atoms with Crippen LogP contribution in [0.4, 0.5) is 0 Å². The first-order chi connectivity index (χ1) is 9.61. The normalized spacial score (nSPS) is 10.9. The molecule has 0 N–H and O–H groups in total. The van der Waals surface area contributed by atoms with Crippen LogP contribution in [-0.2, 0) is 4.74 Å². The highest BCUT2D eigenvalue weighted by Gasteiger charge is 2.14. The molecule has 0 fully saturated rings. The third-order valence-corrected chi connectivity index (χ3v) is 4.08. The molecule has 3 aromatic rings. The molecule has 1 heterocycles. The molecule has 1 aromatic heterocycles. The van der Waals surface area contributed by atoms with Gasteiger partial charge in [0, 0.05) is 15.2 Å². The second-order valence-electron chi connectivity index (χ2n) is 4.28. The van der Waals surface area contributed by atoms with Gasteiger partial charge in [-0.1, -0.05) is 51.8 Å². The quantitative estimate of drug-likeness (QED) is 0.476. The van der Waals surface area contributed by atoms with Gasteiger partial charge in [0.1, 0.15) is 0 Å². The molecule has 0 saturated heterocycles. The zero-order valence-corrected chi connectivity index (χ0v) is 12.8. The van der Waals surface area contributed by atoms with E-state index in [-0.39, 0.29) is 5.69 Å². The molecule has 5 heteroatoms. The number of esters is 1. The van der Waals surface area contributed by atoms with Crippen LogP contribution in [0.15, 0.2) is 40.9 Å². The van der Waals surface area contributed by atoms with Gasteiger partial charge in [0.2, 0.25) is 0 Å². The Morgan fingerprint density at radius 3 is 2.60 bits per heavy atom. The van der Waals surface area contributed by atoms with Gasteiger partial charge in [-0.25, -0.2) is 9.78 Å². The van der Waals surface area contributed by atoms with Crippen molar-refractivity contribution in [2.24, 2.45) is 0 Å². The van der Waals surface area contributed by atoms with E-state index in [1.165, 1.54) is 13.2 Å². The number of fused-ring (bicyclic) bond motifs is 3. The first-order valence-electron chi connectivity index (χ1n) is 5.87. The molecular weight excluding hydrogens is 342 g/mol. The largest absolute Gasteiger partial charge is 0.464 e. The van der Waals surface area contributed by atoms with Crippen LogP contribution in [0, 0.1) is 0 Å². The second-order valence-corrected chi connectivity index (χ2v) is 5.54. The number of nitrogens with zero attached hydrogens (tertiary/aromatic N) is 1. The van der Waals surface area contributed by atoms with Gasteiger partial charge >= 0.3 is 5.97 Å². The van der Waals surface area contributed by atoms with Gasteiger partial charge in [0.15, 0.2) is 5.69 Å². The van der Waals surface area contributed by atoms with Crippen molar-refractivity contribution in [3.8, 4) is 0 Å². The number of carbonyl (C=O) groups excluding carboxylic acids is 1. The molecule has 0 unspecified atom stereocenters. The molecule has 0 aliphatic rings. The van der Waals surface area contributed by atoms with Crippen molar-refractivity contribution in [1.29, 1.82) is 0 Å². The summed E-state index contributed by atoms with van der Waals surface area (Å²) in [7, 11) is 1.32. The summed E-state index contributed by atoms with van der Waals surface area (Å²) in [4.78, 5) is 16.1. The molecule has 0 saturated carbocycles. The zero-order chi connectivity index (χ0) is 14.3. The number of pyridine rings is 1. The van der Waals surface area contributed by atoms with Gasteiger partial charge in [-0.15, -0.1) is 0 Å². The van der Waals surface area contributed by atoms with Crippen molar-refractivity contribution >= 4 is 55.2 Å². The summed E-state index contributed by atoms with van der Waals surface area (Å²) in [5, 5.41) is 3.22. The molecule has 0 radical (unpaired) electrons. The van der Waals surface area contributed by atoms with Crippen molar-refractivity contribution in [2.75, 3.05) is 7.11 Å². The molecule has 0 atom stereocenters. The molecule has 0 aliphatic carbocycles. The summed E-state index contributed by atoms with van der Waals surface area (Å²) < 4.78 is 5.65. The fraction of sp³-hybridized carbons (Fsp3) is 0.0667. The Morgan fingerprint density at radius 2 is 1.90 bits per heavy atom. The summed E-state index contributed by atoms with van der Waals surface area (Å²) in [6.07, 6.45) is 0. The minimum Gasteiger partial charge on any atom is -0.464 e. The van der Waals surface area contributed by atoms with Crippen LogP contribution in [0.2, 0.25) is 5.02 Å².